The lowest BCUT2D eigenvalue weighted by Gasteiger charge is -2.19. The first-order valence-corrected chi connectivity index (χ1v) is 6.65. The molecule has 1 aromatic rings. The van der Waals surface area contributed by atoms with E-state index < -0.39 is 7.72 Å². The number of benzene rings is 1. The molecule has 0 unspecified atom stereocenters. The van der Waals surface area contributed by atoms with Crippen molar-refractivity contribution >= 4 is 13.0 Å². The van der Waals surface area contributed by atoms with Crippen molar-refractivity contribution in [2.24, 2.45) is 0 Å². The third kappa shape index (κ3) is 2.33. The Balaban J connectivity index is 2.98. The van der Waals surface area contributed by atoms with Crippen LogP contribution in [0.2, 0.25) is 0 Å². The van der Waals surface area contributed by atoms with Crippen molar-refractivity contribution < 1.29 is 9.05 Å². The van der Waals surface area contributed by atoms with Crippen molar-refractivity contribution in [3.8, 4) is 0 Å². The molecule has 0 saturated heterocycles. The Labute approximate surface area is 86.7 Å². The van der Waals surface area contributed by atoms with Crippen LogP contribution in [-0.4, -0.2) is 20.4 Å². The molecule has 1 aromatic carbocycles. The summed E-state index contributed by atoms with van der Waals surface area (Å²) in [5.41, 5.74) is 0. The molecule has 0 spiro atoms. The van der Waals surface area contributed by atoms with Crippen molar-refractivity contribution in [2.75, 3.05) is 20.4 Å². The molecule has 0 aliphatic rings. The average Bonchev–Trinajstić information content (AvgIpc) is 2.27. The quantitative estimate of drug-likeness (QED) is 0.700. The summed E-state index contributed by atoms with van der Waals surface area (Å²) < 4.78 is 11.2. The Morgan fingerprint density at radius 2 is 1.64 bits per heavy atom. The van der Waals surface area contributed by atoms with Gasteiger partial charge in [0.15, 0.2) is 5.30 Å². The van der Waals surface area contributed by atoms with Crippen LogP contribution in [0.4, 0.5) is 0 Å². The minimum Gasteiger partial charge on any atom is -0.204 e. The van der Waals surface area contributed by atoms with Gasteiger partial charge < -0.3 is 0 Å². The van der Waals surface area contributed by atoms with Crippen molar-refractivity contribution in [3.63, 3.8) is 0 Å². The first-order valence-electron chi connectivity index (χ1n) is 4.84. The number of hydrogen-bond acceptors (Lipinski definition) is 2. The Bertz CT molecular complexity index is 257. The summed E-state index contributed by atoms with van der Waals surface area (Å²) >= 11 is 0. The van der Waals surface area contributed by atoms with E-state index in [2.05, 4.69) is 19.1 Å². The van der Waals surface area contributed by atoms with E-state index in [4.69, 9.17) is 9.05 Å². The highest BCUT2D eigenvalue weighted by atomic mass is 31.2. The molecule has 0 amide bonds. The molecule has 0 fully saturated rings. The summed E-state index contributed by atoms with van der Waals surface area (Å²) in [5.74, 6) is 0. The largest absolute Gasteiger partial charge is 0.306 e. The fourth-order valence-corrected chi connectivity index (χ4v) is 3.96. The SMILES string of the molecule is CCC[P+](OC)(OC)c1ccccc1. The van der Waals surface area contributed by atoms with Crippen LogP contribution < -0.4 is 5.30 Å². The lowest BCUT2D eigenvalue weighted by molar-refractivity contribution is 0.326. The fourth-order valence-electron chi connectivity index (χ4n) is 1.55. The molecule has 78 valence electrons. The van der Waals surface area contributed by atoms with Gasteiger partial charge in [0.1, 0.15) is 6.16 Å². The Morgan fingerprint density at radius 3 is 2.07 bits per heavy atom. The lowest BCUT2D eigenvalue weighted by atomic mass is 10.4. The van der Waals surface area contributed by atoms with Gasteiger partial charge in [0.25, 0.3) is 0 Å². The molecular formula is C11H18O2P+. The zero-order valence-corrected chi connectivity index (χ0v) is 9.96. The van der Waals surface area contributed by atoms with Gasteiger partial charge in [0.05, 0.1) is 14.2 Å². The number of rotatable bonds is 5. The minimum atomic E-state index is -1.81. The van der Waals surface area contributed by atoms with Gasteiger partial charge in [-0.15, -0.1) is 0 Å². The molecule has 2 nitrogen and oxygen atoms in total. The second-order valence-corrected chi connectivity index (χ2v) is 6.14. The van der Waals surface area contributed by atoms with Crippen molar-refractivity contribution in [3.05, 3.63) is 30.3 Å². The minimum absolute atomic E-state index is 0.976. The fraction of sp³-hybridized carbons (Fsp3) is 0.455. The van der Waals surface area contributed by atoms with Crippen LogP contribution in [0.15, 0.2) is 30.3 Å². The molecule has 0 saturated carbocycles. The predicted molar refractivity (Wildman–Crippen MR) is 62.2 cm³/mol. The topological polar surface area (TPSA) is 18.5 Å². The van der Waals surface area contributed by atoms with Crippen LogP contribution in [0, 0.1) is 0 Å². The van der Waals surface area contributed by atoms with Crippen LogP contribution in [0.1, 0.15) is 13.3 Å². The molecule has 0 heterocycles. The monoisotopic (exact) mass is 213 g/mol. The first-order chi connectivity index (χ1) is 6.79. The lowest BCUT2D eigenvalue weighted by Crippen LogP contribution is -2.16. The maximum absolute atomic E-state index is 5.60. The highest BCUT2D eigenvalue weighted by Crippen LogP contribution is 2.58. The van der Waals surface area contributed by atoms with Crippen molar-refractivity contribution in [1.29, 1.82) is 0 Å². The molecule has 0 aliphatic heterocycles. The second kappa shape index (κ2) is 5.45. The Hall–Kier alpha value is -0.430. The summed E-state index contributed by atoms with van der Waals surface area (Å²) in [4.78, 5) is 0. The Kier molecular flexibility index (Phi) is 4.53. The summed E-state index contributed by atoms with van der Waals surface area (Å²) in [6.07, 6.45) is 2.05. The van der Waals surface area contributed by atoms with Crippen molar-refractivity contribution in [1.82, 2.24) is 0 Å². The standard InChI is InChI=1S/C11H18O2P/c1-4-10-14(12-2,13-3)11-8-6-5-7-9-11/h5-9H,4,10H2,1-3H3/q+1. The van der Waals surface area contributed by atoms with E-state index in [-0.39, 0.29) is 0 Å². The molecule has 0 radical (unpaired) electrons. The molecular weight excluding hydrogens is 195 g/mol. The van der Waals surface area contributed by atoms with Gasteiger partial charge in [-0.3, -0.25) is 0 Å². The van der Waals surface area contributed by atoms with E-state index in [0.29, 0.717) is 0 Å². The van der Waals surface area contributed by atoms with Crippen LogP contribution >= 0.6 is 7.72 Å². The van der Waals surface area contributed by atoms with E-state index in [1.165, 1.54) is 5.30 Å². The highest BCUT2D eigenvalue weighted by molar-refractivity contribution is 7.74. The molecule has 14 heavy (non-hydrogen) atoms. The van der Waals surface area contributed by atoms with E-state index in [9.17, 15) is 0 Å². The first kappa shape index (κ1) is 11.6. The van der Waals surface area contributed by atoms with Crippen LogP contribution in [0.3, 0.4) is 0 Å². The van der Waals surface area contributed by atoms with Gasteiger partial charge >= 0.3 is 7.72 Å². The third-order valence-electron chi connectivity index (χ3n) is 2.26. The summed E-state index contributed by atoms with van der Waals surface area (Å²) in [5, 5.41) is 1.19. The summed E-state index contributed by atoms with van der Waals surface area (Å²) in [6, 6.07) is 10.2. The smallest absolute Gasteiger partial charge is 0.204 e. The van der Waals surface area contributed by atoms with E-state index >= 15 is 0 Å². The van der Waals surface area contributed by atoms with Crippen LogP contribution in [0.25, 0.3) is 0 Å². The molecule has 0 bridgehead atoms. The Morgan fingerprint density at radius 1 is 1.07 bits per heavy atom. The summed E-state index contributed by atoms with van der Waals surface area (Å²) in [7, 11) is 1.66. The second-order valence-electron chi connectivity index (χ2n) is 3.10. The predicted octanol–water partition coefficient (Wildman–Crippen LogP) is 2.86. The van der Waals surface area contributed by atoms with Crippen LogP contribution in [-0.2, 0) is 9.05 Å². The van der Waals surface area contributed by atoms with Crippen LogP contribution in [0.5, 0.6) is 0 Å². The maximum Gasteiger partial charge on any atom is 0.306 e. The molecule has 0 atom stereocenters. The zero-order chi connectivity index (χ0) is 10.4. The maximum atomic E-state index is 5.60. The van der Waals surface area contributed by atoms with Gasteiger partial charge in [0.2, 0.25) is 0 Å². The van der Waals surface area contributed by atoms with E-state index in [1.807, 2.05) is 18.2 Å². The molecule has 1 rings (SSSR count). The van der Waals surface area contributed by atoms with Gasteiger partial charge in [-0.05, 0) is 18.6 Å². The number of hydrogen-bond donors (Lipinski definition) is 0. The zero-order valence-electron chi connectivity index (χ0n) is 9.06. The third-order valence-corrected chi connectivity index (χ3v) is 5.56. The molecule has 0 aliphatic carbocycles. The van der Waals surface area contributed by atoms with Gasteiger partial charge in [0, 0.05) is 0 Å². The average molecular weight is 213 g/mol. The van der Waals surface area contributed by atoms with Gasteiger partial charge in [-0.2, -0.15) is 0 Å². The molecule has 0 N–H and O–H groups in total. The summed E-state index contributed by atoms with van der Waals surface area (Å²) in [6.45, 7) is 2.15. The van der Waals surface area contributed by atoms with E-state index in [1.54, 1.807) is 14.2 Å². The van der Waals surface area contributed by atoms with Crippen molar-refractivity contribution in [2.45, 2.75) is 13.3 Å². The van der Waals surface area contributed by atoms with E-state index in [0.717, 1.165) is 12.6 Å². The molecule has 3 heteroatoms. The van der Waals surface area contributed by atoms with Gasteiger partial charge in [-0.1, -0.05) is 25.1 Å². The molecule has 0 aromatic heterocycles. The normalized spacial score (nSPS) is 11.6. The highest BCUT2D eigenvalue weighted by Gasteiger charge is 2.41. The van der Waals surface area contributed by atoms with Gasteiger partial charge in [-0.25, -0.2) is 9.05 Å².